The molecule has 0 aromatic heterocycles. The molecule has 2 nitrogen and oxygen atoms in total. The normalized spacial score (nSPS) is 49.2. The Kier molecular flexibility index (Phi) is 1.92. The molecule has 4 atom stereocenters. The Morgan fingerprint density at radius 2 is 2.17 bits per heavy atom. The maximum Gasteiger partial charge on any atom is 0.165 e. The molecule has 4 unspecified atom stereocenters. The number of Topliss-reactive ketones (excluding diaryl/α,β-unsaturated/α-hetero) is 1. The molecule has 0 spiro atoms. The second-order valence-corrected chi connectivity index (χ2v) is 6.45. The van der Waals surface area contributed by atoms with Crippen LogP contribution in [0.5, 0.6) is 0 Å². The summed E-state index contributed by atoms with van der Waals surface area (Å²) < 4.78 is 11.3. The molecule has 3 fully saturated rings. The van der Waals surface area contributed by atoms with Crippen LogP contribution in [0.2, 0.25) is 0 Å². The molecule has 3 aliphatic rings. The molecule has 0 radical (unpaired) electrons. The first-order valence-electron chi connectivity index (χ1n) is 3.91. The molecule has 0 N–H and O–H groups in total. The standard InChI is InChI=1S/C8H10O2S2/c1-3-5-4(2)6(9)8-11-7(5)12(8)10/h3-4,7-8H,1-2H3/b5-3+. The average Bonchev–Trinajstić information content (AvgIpc) is 2.07. The summed E-state index contributed by atoms with van der Waals surface area (Å²) in [4.78, 5) is 11.5. The number of allylic oxidation sites excluding steroid dienone is 1. The Hall–Kier alpha value is -0.0900. The number of hydrogen-bond acceptors (Lipinski definition) is 3. The van der Waals surface area contributed by atoms with Gasteiger partial charge in [0, 0.05) is 5.92 Å². The summed E-state index contributed by atoms with van der Waals surface area (Å²) in [7, 11) is -0.923. The SMILES string of the molecule is C/C=C1\C(C)C(=O)C2SC1S2=O. The minimum Gasteiger partial charge on any atom is -0.297 e. The average molecular weight is 202 g/mol. The van der Waals surface area contributed by atoms with E-state index in [4.69, 9.17) is 0 Å². The second-order valence-electron chi connectivity index (χ2n) is 3.04. The lowest BCUT2D eigenvalue weighted by molar-refractivity contribution is -0.119. The molecule has 0 aromatic rings. The van der Waals surface area contributed by atoms with E-state index in [1.807, 2.05) is 19.9 Å². The fourth-order valence-corrected chi connectivity index (χ4v) is 5.34. The molecule has 0 amide bonds. The fourth-order valence-electron chi connectivity index (χ4n) is 1.63. The van der Waals surface area contributed by atoms with Crippen molar-refractivity contribution in [1.82, 2.24) is 0 Å². The van der Waals surface area contributed by atoms with Crippen LogP contribution in [0.4, 0.5) is 0 Å². The van der Waals surface area contributed by atoms with Crippen LogP contribution >= 0.6 is 11.8 Å². The molecule has 66 valence electrons. The van der Waals surface area contributed by atoms with Crippen molar-refractivity contribution in [3.63, 3.8) is 0 Å². The summed E-state index contributed by atoms with van der Waals surface area (Å²) in [6.07, 6.45) is 1.94. The van der Waals surface area contributed by atoms with Gasteiger partial charge in [-0.1, -0.05) is 13.0 Å². The van der Waals surface area contributed by atoms with Gasteiger partial charge in [-0.15, -0.1) is 11.8 Å². The van der Waals surface area contributed by atoms with E-state index in [2.05, 4.69) is 0 Å². The van der Waals surface area contributed by atoms with Crippen molar-refractivity contribution in [2.45, 2.75) is 23.0 Å². The Morgan fingerprint density at radius 3 is 2.67 bits per heavy atom. The third-order valence-corrected chi connectivity index (χ3v) is 6.59. The van der Waals surface area contributed by atoms with Gasteiger partial charge in [0.25, 0.3) is 0 Å². The number of fused-ring (bicyclic) bond motifs is 2. The van der Waals surface area contributed by atoms with Crippen molar-refractivity contribution in [2.75, 3.05) is 0 Å². The van der Waals surface area contributed by atoms with Crippen LogP contribution in [-0.4, -0.2) is 19.2 Å². The number of thioether (sulfide) groups is 1. The Balaban J connectivity index is 2.38. The van der Waals surface area contributed by atoms with E-state index in [0.717, 1.165) is 5.57 Å². The van der Waals surface area contributed by atoms with E-state index < -0.39 is 10.8 Å². The molecule has 3 rings (SSSR count). The first-order chi connectivity index (χ1) is 5.66. The smallest absolute Gasteiger partial charge is 0.165 e. The summed E-state index contributed by atoms with van der Waals surface area (Å²) in [5, 5.41) is 0. The number of ketones is 1. The van der Waals surface area contributed by atoms with Crippen LogP contribution in [0.15, 0.2) is 11.6 Å². The minimum atomic E-state index is -0.923. The molecule has 2 bridgehead atoms. The molecule has 0 aliphatic carbocycles. The van der Waals surface area contributed by atoms with Gasteiger partial charge in [-0.25, -0.2) is 0 Å². The summed E-state index contributed by atoms with van der Waals surface area (Å²) in [5.41, 5.74) is 1.06. The second kappa shape index (κ2) is 2.70. The molecule has 12 heavy (non-hydrogen) atoms. The zero-order valence-electron chi connectivity index (χ0n) is 6.94. The van der Waals surface area contributed by atoms with Crippen molar-refractivity contribution in [3.8, 4) is 0 Å². The molecule has 3 saturated heterocycles. The van der Waals surface area contributed by atoms with E-state index in [1.54, 1.807) is 11.8 Å². The first-order valence-corrected chi connectivity index (χ1v) is 6.13. The van der Waals surface area contributed by atoms with Gasteiger partial charge in [-0.05, 0) is 12.5 Å². The largest absolute Gasteiger partial charge is 0.297 e. The van der Waals surface area contributed by atoms with E-state index in [0.29, 0.717) is 0 Å². The Bertz CT molecular complexity index is 291. The summed E-state index contributed by atoms with van der Waals surface area (Å²) >= 11 is 1.55. The van der Waals surface area contributed by atoms with Crippen molar-refractivity contribution in [1.29, 1.82) is 0 Å². The number of rotatable bonds is 0. The minimum absolute atomic E-state index is 0.00366. The fraction of sp³-hybridized carbons (Fsp3) is 0.625. The van der Waals surface area contributed by atoms with Crippen molar-refractivity contribution in [2.24, 2.45) is 5.92 Å². The highest BCUT2D eigenvalue weighted by Crippen LogP contribution is 2.50. The van der Waals surface area contributed by atoms with Crippen LogP contribution in [0.1, 0.15) is 13.8 Å². The number of carbonyl (C=O) groups excluding carboxylic acids is 1. The first kappa shape index (κ1) is 8.51. The van der Waals surface area contributed by atoms with Crippen LogP contribution in [-0.2, 0) is 15.6 Å². The van der Waals surface area contributed by atoms with Crippen LogP contribution in [0.25, 0.3) is 0 Å². The van der Waals surface area contributed by atoms with Crippen LogP contribution < -0.4 is 0 Å². The topological polar surface area (TPSA) is 34.1 Å². The maximum absolute atomic E-state index is 11.5. The lowest BCUT2D eigenvalue weighted by Crippen LogP contribution is -2.51. The van der Waals surface area contributed by atoms with Gasteiger partial charge < -0.3 is 0 Å². The van der Waals surface area contributed by atoms with E-state index in [9.17, 15) is 9.00 Å². The monoisotopic (exact) mass is 202 g/mol. The van der Waals surface area contributed by atoms with E-state index in [1.165, 1.54) is 0 Å². The predicted octanol–water partition coefficient (Wildman–Crippen LogP) is 1.30. The van der Waals surface area contributed by atoms with Crippen molar-refractivity contribution in [3.05, 3.63) is 11.6 Å². The zero-order chi connectivity index (χ0) is 8.88. The highest BCUT2D eigenvalue weighted by atomic mass is 32.3. The van der Waals surface area contributed by atoms with Gasteiger partial charge in [0.15, 0.2) is 5.78 Å². The van der Waals surface area contributed by atoms with Crippen molar-refractivity contribution >= 4 is 28.3 Å². The highest BCUT2D eigenvalue weighted by molar-refractivity contribution is 8.28. The summed E-state index contributed by atoms with van der Waals surface area (Å²) in [6.45, 7) is 3.82. The van der Waals surface area contributed by atoms with Crippen molar-refractivity contribution < 1.29 is 9.00 Å². The third kappa shape index (κ3) is 0.879. The zero-order valence-corrected chi connectivity index (χ0v) is 8.58. The molecule has 4 heteroatoms. The van der Waals surface area contributed by atoms with E-state index >= 15 is 0 Å². The van der Waals surface area contributed by atoms with Gasteiger partial charge in [0.1, 0.15) is 9.16 Å². The molecule has 0 saturated carbocycles. The van der Waals surface area contributed by atoms with Gasteiger partial charge >= 0.3 is 0 Å². The van der Waals surface area contributed by atoms with Gasteiger partial charge in [-0.3, -0.25) is 9.00 Å². The van der Waals surface area contributed by atoms with Gasteiger partial charge in [0.2, 0.25) is 0 Å². The van der Waals surface area contributed by atoms with Crippen LogP contribution in [0, 0.1) is 5.92 Å². The Labute approximate surface area is 78.3 Å². The number of carbonyl (C=O) groups is 1. The summed E-state index contributed by atoms with van der Waals surface area (Å²) in [5.74, 6) is 0.151. The van der Waals surface area contributed by atoms with Crippen LogP contribution in [0.3, 0.4) is 0 Å². The predicted molar refractivity (Wildman–Crippen MR) is 51.2 cm³/mol. The quantitative estimate of drug-likeness (QED) is 0.555. The lowest BCUT2D eigenvalue weighted by Gasteiger charge is -2.42. The maximum atomic E-state index is 11.5. The van der Waals surface area contributed by atoms with E-state index in [-0.39, 0.29) is 20.9 Å². The third-order valence-electron chi connectivity index (χ3n) is 2.43. The molecule has 3 heterocycles. The Morgan fingerprint density at radius 1 is 1.50 bits per heavy atom. The van der Waals surface area contributed by atoms with Gasteiger partial charge in [0.05, 0.1) is 10.8 Å². The molecule has 0 aromatic carbocycles. The molecular formula is C8H10O2S2. The lowest BCUT2D eigenvalue weighted by atomic mass is 9.97. The molecular weight excluding hydrogens is 192 g/mol. The van der Waals surface area contributed by atoms with Gasteiger partial charge in [-0.2, -0.15) is 0 Å². The summed E-state index contributed by atoms with van der Waals surface area (Å²) in [6, 6.07) is 0. The number of hydrogen-bond donors (Lipinski definition) is 0. The highest BCUT2D eigenvalue weighted by Gasteiger charge is 2.53. The molecule has 3 aliphatic heterocycles.